The molecule has 0 atom stereocenters. The molecule has 0 saturated carbocycles. The van der Waals surface area contributed by atoms with Crippen molar-refractivity contribution in [2.75, 3.05) is 0 Å². The van der Waals surface area contributed by atoms with E-state index in [2.05, 4.69) is 127 Å². The molecule has 3 heteroatoms. The summed E-state index contributed by atoms with van der Waals surface area (Å²) in [7, 11) is 1.41. The molecule has 0 unspecified atom stereocenters. The standard InChI is InChI=1S/C30H23N2P/c1-32-27-19-11-10-18-26(27)28(29-25-17-9-8-12-22(25)20-21-31-29)30(32)33(23-13-4-2-5-14-23)24-15-6-3-7-16-24/h2-21H,1H3. The number of para-hydroxylation sites is 1. The van der Waals surface area contributed by atoms with Crippen LogP contribution in [0.4, 0.5) is 0 Å². The molecule has 0 aliphatic rings. The molecule has 0 saturated heterocycles. The van der Waals surface area contributed by atoms with Gasteiger partial charge in [-0.15, -0.1) is 0 Å². The Morgan fingerprint density at radius 3 is 1.88 bits per heavy atom. The second-order valence-electron chi connectivity index (χ2n) is 8.16. The van der Waals surface area contributed by atoms with Gasteiger partial charge < -0.3 is 4.57 Å². The fourth-order valence-corrected chi connectivity index (χ4v) is 7.33. The second-order valence-corrected chi connectivity index (χ2v) is 10.3. The van der Waals surface area contributed by atoms with E-state index in [4.69, 9.17) is 4.98 Å². The molecule has 0 spiro atoms. The average molecular weight is 443 g/mol. The van der Waals surface area contributed by atoms with Gasteiger partial charge in [0.05, 0.1) is 11.1 Å². The number of fused-ring (bicyclic) bond motifs is 2. The third-order valence-electron chi connectivity index (χ3n) is 6.23. The Hall–Kier alpha value is -3.74. The number of aryl methyl sites for hydroxylation is 1. The van der Waals surface area contributed by atoms with Gasteiger partial charge in [0.1, 0.15) is 0 Å². The van der Waals surface area contributed by atoms with Crippen LogP contribution in [-0.2, 0) is 7.05 Å². The van der Waals surface area contributed by atoms with Crippen LogP contribution in [0.2, 0.25) is 0 Å². The number of hydrogen-bond acceptors (Lipinski definition) is 1. The zero-order chi connectivity index (χ0) is 22.2. The first-order chi connectivity index (χ1) is 16.3. The number of rotatable bonds is 4. The Kier molecular flexibility index (Phi) is 5.02. The Morgan fingerprint density at radius 2 is 1.18 bits per heavy atom. The summed E-state index contributed by atoms with van der Waals surface area (Å²) in [5.41, 5.74) is 4.85. The van der Waals surface area contributed by atoms with E-state index in [0.717, 1.165) is 5.69 Å². The minimum Gasteiger partial charge on any atom is -0.343 e. The Labute approximate surface area is 194 Å². The van der Waals surface area contributed by atoms with E-state index in [1.54, 1.807) is 0 Å². The fourth-order valence-electron chi connectivity index (χ4n) is 4.74. The molecule has 0 aliphatic carbocycles. The number of pyridine rings is 1. The van der Waals surface area contributed by atoms with Crippen molar-refractivity contribution < 1.29 is 0 Å². The quantitative estimate of drug-likeness (QED) is 0.299. The first kappa shape index (κ1) is 19.9. The van der Waals surface area contributed by atoms with E-state index in [9.17, 15) is 0 Å². The maximum Gasteiger partial charge on any atom is 0.0808 e. The van der Waals surface area contributed by atoms with Crippen molar-refractivity contribution in [3.8, 4) is 11.3 Å². The van der Waals surface area contributed by atoms with E-state index in [0.29, 0.717) is 0 Å². The highest BCUT2D eigenvalue weighted by atomic mass is 31.1. The summed E-state index contributed by atoms with van der Waals surface area (Å²) in [5.74, 6) is 0. The molecular weight excluding hydrogens is 419 g/mol. The lowest BCUT2D eigenvalue weighted by Crippen LogP contribution is -2.26. The van der Waals surface area contributed by atoms with Crippen molar-refractivity contribution in [3.63, 3.8) is 0 Å². The van der Waals surface area contributed by atoms with Crippen LogP contribution in [0.1, 0.15) is 0 Å². The summed E-state index contributed by atoms with van der Waals surface area (Å²) in [5, 5.41) is 6.33. The monoisotopic (exact) mass is 442 g/mol. The van der Waals surface area contributed by atoms with Crippen LogP contribution in [-0.4, -0.2) is 9.55 Å². The summed E-state index contributed by atoms with van der Waals surface area (Å²) in [6, 6.07) is 41.2. The summed E-state index contributed by atoms with van der Waals surface area (Å²) >= 11 is 0. The van der Waals surface area contributed by atoms with Gasteiger partial charge in [-0.25, -0.2) is 0 Å². The number of hydrogen-bond donors (Lipinski definition) is 0. The summed E-state index contributed by atoms with van der Waals surface area (Å²) in [4.78, 5) is 4.97. The Balaban J connectivity index is 1.76. The average Bonchev–Trinajstić information content (AvgIpc) is 3.17. The lowest BCUT2D eigenvalue weighted by molar-refractivity contribution is 1.00. The van der Waals surface area contributed by atoms with E-state index >= 15 is 0 Å². The zero-order valence-corrected chi connectivity index (χ0v) is 19.3. The van der Waals surface area contributed by atoms with Gasteiger partial charge in [-0.1, -0.05) is 103 Å². The van der Waals surface area contributed by atoms with Gasteiger partial charge in [0.15, 0.2) is 0 Å². The van der Waals surface area contributed by atoms with Crippen LogP contribution in [0.25, 0.3) is 32.9 Å². The molecule has 0 N–H and O–H groups in total. The van der Waals surface area contributed by atoms with Crippen LogP contribution in [0, 0.1) is 0 Å². The van der Waals surface area contributed by atoms with E-state index < -0.39 is 7.92 Å². The topological polar surface area (TPSA) is 17.8 Å². The molecule has 2 aromatic heterocycles. The van der Waals surface area contributed by atoms with Crippen molar-refractivity contribution in [3.05, 3.63) is 121 Å². The van der Waals surface area contributed by atoms with Crippen molar-refractivity contribution in [1.29, 1.82) is 0 Å². The van der Waals surface area contributed by atoms with Gasteiger partial charge in [-0.05, 0) is 28.1 Å². The van der Waals surface area contributed by atoms with Crippen LogP contribution in [0.5, 0.6) is 0 Å². The first-order valence-corrected chi connectivity index (χ1v) is 12.5. The third kappa shape index (κ3) is 3.35. The van der Waals surface area contributed by atoms with Crippen molar-refractivity contribution >= 4 is 45.6 Å². The van der Waals surface area contributed by atoms with E-state index in [1.165, 1.54) is 43.3 Å². The fraction of sp³-hybridized carbons (Fsp3) is 0.0333. The van der Waals surface area contributed by atoms with Crippen LogP contribution >= 0.6 is 7.92 Å². The largest absolute Gasteiger partial charge is 0.343 e. The maximum absolute atomic E-state index is 4.97. The zero-order valence-electron chi connectivity index (χ0n) is 18.4. The maximum atomic E-state index is 4.97. The van der Waals surface area contributed by atoms with Crippen molar-refractivity contribution in [2.45, 2.75) is 0 Å². The summed E-state index contributed by atoms with van der Waals surface area (Å²) in [6.07, 6.45) is 1.94. The third-order valence-corrected chi connectivity index (χ3v) is 8.80. The normalized spacial score (nSPS) is 11.5. The molecule has 6 aromatic rings. The predicted octanol–water partition coefficient (Wildman–Crippen LogP) is 6.15. The number of nitrogens with zero attached hydrogens (tertiary/aromatic N) is 2. The highest BCUT2D eigenvalue weighted by Crippen LogP contribution is 2.42. The van der Waals surface area contributed by atoms with Crippen molar-refractivity contribution in [1.82, 2.24) is 9.55 Å². The molecule has 2 heterocycles. The predicted molar refractivity (Wildman–Crippen MR) is 142 cm³/mol. The summed E-state index contributed by atoms with van der Waals surface area (Å²) < 4.78 is 2.39. The molecule has 158 valence electrons. The molecule has 33 heavy (non-hydrogen) atoms. The van der Waals surface area contributed by atoms with Gasteiger partial charge in [0, 0.05) is 43.0 Å². The second kappa shape index (κ2) is 8.31. The van der Waals surface area contributed by atoms with Crippen LogP contribution in [0.3, 0.4) is 0 Å². The Morgan fingerprint density at radius 1 is 0.606 bits per heavy atom. The molecule has 0 aliphatic heterocycles. The smallest absolute Gasteiger partial charge is 0.0808 e. The lowest BCUT2D eigenvalue weighted by atomic mass is 10.0. The minimum atomic E-state index is -0.790. The van der Waals surface area contributed by atoms with Gasteiger partial charge in [-0.3, -0.25) is 4.98 Å². The lowest BCUT2D eigenvalue weighted by Gasteiger charge is -2.22. The van der Waals surface area contributed by atoms with Crippen LogP contribution < -0.4 is 16.0 Å². The number of benzene rings is 4. The van der Waals surface area contributed by atoms with E-state index in [1.807, 2.05) is 6.20 Å². The van der Waals surface area contributed by atoms with Crippen LogP contribution in [0.15, 0.2) is 121 Å². The Bertz CT molecular complexity index is 1520. The molecule has 0 bridgehead atoms. The molecule has 0 amide bonds. The van der Waals surface area contributed by atoms with Gasteiger partial charge in [0.2, 0.25) is 0 Å². The minimum absolute atomic E-state index is 0.790. The van der Waals surface area contributed by atoms with Gasteiger partial charge in [-0.2, -0.15) is 0 Å². The van der Waals surface area contributed by atoms with E-state index in [-0.39, 0.29) is 0 Å². The highest BCUT2D eigenvalue weighted by molar-refractivity contribution is 7.80. The molecule has 0 fully saturated rings. The molecular formula is C30H23N2P. The van der Waals surface area contributed by atoms with Gasteiger partial charge in [0.25, 0.3) is 0 Å². The van der Waals surface area contributed by atoms with Gasteiger partial charge >= 0.3 is 0 Å². The summed E-state index contributed by atoms with van der Waals surface area (Å²) in [6.45, 7) is 0. The number of aromatic nitrogens is 2. The van der Waals surface area contributed by atoms with Crippen molar-refractivity contribution in [2.24, 2.45) is 7.05 Å². The molecule has 4 aromatic carbocycles. The SMILES string of the molecule is Cn1c(P(c2ccccc2)c2ccccc2)c(-c2nccc3ccccc23)c2ccccc21. The first-order valence-electron chi connectivity index (χ1n) is 11.1. The molecule has 2 nitrogen and oxygen atoms in total. The molecule has 6 rings (SSSR count). The molecule has 0 radical (unpaired) electrons. The highest BCUT2D eigenvalue weighted by Gasteiger charge is 2.27.